The fraction of sp³-hybridized carbons (Fsp3) is 0.368. The molecule has 7 nitrogen and oxygen atoms in total. The molecule has 0 bridgehead atoms. The first-order chi connectivity index (χ1) is 13.3. The molecular formula is C19H23FN4O3S. The SMILES string of the molecule is CC(C)S(=O)(=O)N1CCN(c2ccc(NC(=O)c3ccccc3F)cn2)CC1. The Balaban J connectivity index is 1.61. The summed E-state index contributed by atoms with van der Waals surface area (Å²) in [4.78, 5) is 18.5. The minimum Gasteiger partial charge on any atom is -0.354 e. The predicted molar refractivity (Wildman–Crippen MR) is 106 cm³/mol. The van der Waals surface area contributed by atoms with Crippen LogP contribution in [-0.4, -0.2) is 55.0 Å². The molecule has 0 spiro atoms. The second kappa shape index (κ2) is 8.24. The van der Waals surface area contributed by atoms with Crippen LogP contribution < -0.4 is 10.2 Å². The molecule has 1 aliphatic rings. The normalized spacial score (nSPS) is 15.6. The van der Waals surface area contributed by atoms with E-state index >= 15 is 0 Å². The number of rotatable bonds is 5. The van der Waals surface area contributed by atoms with Crippen LogP contribution >= 0.6 is 0 Å². The monoisotopic (exact) mass is 406 g/mol. The average molecular weight is 406 g/mol. The van der Waals surface area contributed by atoms with Crippen molar-refractivity contribution in [1.29, 1.82) is 0 Å². The molecule has 1 aliphatic heterocycles. The quantitative estimate of drug-likeness (QED) is 0.824. The van der Waals surface area contributed by atoms with E-state index in [9.17, 15) is 17.6 Å². The maximum absolute atomic E-state index is 13.7. The molecule has 28 heavy (non-hydrogen) atoms. The molecule has 0 unspecified atom stereocenters. The fourth-order valence-corrected chi connectivity index (χ4v) is 4.23. The molecule has 2 heterocycles. The summed E-state index contributed by atoms with van der Waals surface area (Å²) in [5, 5.41) is 2.19. The molecular weight excluding hydrogens is 383 g/mol. The van der Waals surface area contributed by atoms with Gasteiger partial charge in [0, 0.05) is 26.2 Å². The zero-order valence-corrected chi connectivity index (χ0v) is 16.6. The first-order valence-corrected chi connectivity index (χ1v) is 10.5. The average Bonchev–Trinajstić information content (AvgIpc) is 2.69. The zero-order chi connectivity index (χ0) is 20.3. The molecule has 1 aromatic carbocycles. The summed E-state index contributed by atoms with van der Waals surface area (Å²) in [6.45, 7) is 5.26. The molecule has 0 aliphatic carbocycles. The number of nitrogens with zero attached hydrogens (tertiary/aromatic N) is 3. The highest BCUT2D eigenvalue weighted by atomic mass is 32.2. The maximum atomic E-state index is 13.7. The van der Waals surface area contributed by atoms with Crippen LogP contribution in [0.2, 0.25) is 0 Å². The van der Waals surface area contributed by atoms with E-state index in [1.807, 2.05) is 4.90 Å². The van der Waals surface area contributed by atoms with Gasteiger partial charge in [0.25, 0.3) is 5.91 Å². The van der Waals surface area contributed by atoms with Crippen LogP contribution in [0.5, 0.6) is 0 Å². The van der Waals surface area contributed by atoms with Crippen molar-refractivity contribution in [2.24, 2.45) is 0 Å². The smallest absolute Gasteiger partial charge is 0.258 e. The molecule has 1 saturated heterocycles. The summed E-state index contributed by atoms with van der Waals surface area (Å²) in [7, 11) is -3.25. The number of amides is 1. The molecule has 1 fully saturated rings. The Kier molecular flexibility index (Phi) is 5.95. The number of piperazine rings is 1. The molecule has 1 aromatic heterocycles. The topological polar surface area (TPSA) is 82.6 Å². The lowest BCUT2D eigenvalue weighted by atomic mass is 10.2. The Morgan fingerprint density at radius 1 is 1.11 bits per heavy atom. The lowest BCUT2D eigenvalue weighted by Crippen LogP contribution is -2.50. The second-order valence-electron chi connectivity index (χ2n) is 6.82. The lowest BCUT2D eigenvalue weighted by molar-refractivity contribution is 0.102. The first kappa shape index (κ1) is 20.2. The van der Waals surface area contributed by atoms with Crippen molar-refractivity contribution in [3.05, 3.63) is 54.0 Å². The van der Waals surface area contributed by atoms with Crippen molar-refractivity contribution in [3.63, 3.8) is 0 Å². The van der Waals surface area contributed by atoms with E-state index in [0.717, 1.165) is 0 Å². The number of halogens is 1. The number of aromatic nitrogens is 1. The number of nitrogens with one attached hydrogen (secondary N) is 1. The van der Waals surface area contributed by atoms with Gasteiger partial charge in [-0.2, -0.15) is 4.31 Å². The minimum atomic E-state index is -3.25. The third-order valence-electron chi connectivity index (χ3n) is 4.64. The number of anilines is 2. The number of hydrogen-bond acceptors (Lipinski definition) is 5. The third kappa shape index (κ3) is 4.31. The van der Waals surface area contributed by atoms with E-state index in [1.165, 1.54) is 28.7 Å². The van der Waals surface area contributed by atoms with E-state index in [4.69, 9.17) is 0 Å². The number of carbonyl (C=O) groups is 1. The highest BCUT2D eigenvalue weighted by molar-refractivity contribution is 7.89. The largest absolute Gasteiger partial charge is 0.354 e. The third-order valence-corrected chi connectivity index (χ3v) is 6.92. The molecule has 0 atom stereocenters. The Morgan fingerprint density at radius 2 is 1.79 bits per heavy atom. The standard InChI is InChI=1S/C19H23FN4O3S/c1-14(2)28(26,27)24-11-9-23(10-12-24)18-8-7-15(13-21-18)22-19(25)16-5-3-4-6-17(16)20/h3-8,13-14H,9-12H2,1-2H3,(H,22,25). The van der Waals surface area contributed by atoms with E-state index in [2.05, 4.69) is 10.3 Å². The molecule has 150 valence electrons. The summed E-state index contributed by atoms with van der Waals surface area (Å²) >= 11 is 0. The molecule has 0 radical (unpaired) electrons. The zero-order valence-electron chi connectivity index (χ0n) is 15.8. The number of benzene rings is 1. The first-order valence-electron chi connectivity index (χ1n) is 9.05. The number of carbonyl (C=O) groups excluding carboxylic acids is 1. The fourth-order valence-electron chi connectivity index (χ4n) is 2.96. The molecule has 9 heteroatoms. The predicted octanol–water partition coefficient (Wildman–Crippen LogP) is 2.33. The number of hydrogen-bond donors (Lipinski definition) is 1. The Morgan fingerprint density at radius 3 is 2.36 bits per heavy atom. The summed E-state index contributed by atoms with van der Waals surface area (Å²) in [5.41, 5.74) is 0.423. The van der Waals surface area contributed by atoms with Gasteiger partial charge in [0.1, 0.15) is 11.6 Å². The van der Waals surface area contributed by atoms with Gasteiger partial charge in [0.05, 0.1) is 22.7 Å². The van der Waals surface area contributed by atoms with Gasteiger partial charge < -0.3 is 10.2 Å². The Labute approximate surface area is 164 Å². The summed E-state index contributed by atoms with van der Waals surface area (Å²) in [5.74, 6) is -0.426. The van der Waals surface area contributed by atoms with Crippen LogP contribution in [0.15, 0.2) is 42.6 Å². The van der Waals surface area contributed by atoms with Gasteiger partial charge in [-0.3, -0.25) is 4.79 Å². The van der Waals surface area contributed by atoms with Gasteiger partial charge in [-0.25, -0.2) is 17.8 Å². The van der Waals surface area contributed by atoms with Crippen molar-refractivity contribution in [1.82, 2.24) is 9.29 Å². The van der Waals surface area contributed by atoms with Gasteiger partial charge in [-0.1, -0.05) is 12.1 Å². The van der Waals surface area contributed by atoms with Gasteiger partial charge in [0.15, 0.2) is 0 Å². The summed E-state index contributed by atoms with van der Waals surface area (Å²) in [6.07, 6.45) is 1.51. The highest BCUT2D eigenvalue weighted by Crippen LogP contribution is 2.19. The van der Waals surface area contributed by atoms with Gasteiger partial charge >= 0.3 is 0 Å². The van der Waals surface area contributed by atoms with Crippen LogP contribution in [0.3, 0.4) is 0 Å². The lowest BCUT2D eigenvalue weighted by Gasteiger charge is -2.35. The van der Waals surface area contributed by atoms with Crippen LogP contribution in [-0.2, 0) is 10.0 Å². The van der Waals surface area contributed by atoms with Crippen molar-refractivity contribution in [2.45, 2.75) is 19.1 Å². The molecule has 0 saturated carbocycles. The van der Waals surface area contributed by atoms with Gasteiger partial charge in [-0.05, 0) is 38.1 Å². The van der Waals surface area contributed by atoms with E-state index in [1.54, 1.807) is 32.0 Å². The summed E-state index contributed by atoms with van der Waals surface area (Å²) in [6, 6.07) is 9.21. The molecule has 3 rings (SSSR count). The Bertz CT molecular complexity index is 940. The Hall–Kier alpha value is -2.52. The van der Waals surface area contributed by atoms with E-state index in [-0.39, 0.29) is 5.56 Å². The highest BCUT2D eigenvalue weighted by Gasteiger charge is 2.29. The maximum Gasteiger partial charge on any atom is 0.258 e. The van der Waals surface area contributed by atoms with Gasteiger partial charge in [0.2, 0.25) is 10.0 Å². The van der Waals surface area contributed by atoms with Crippen LogP contribution in [0.25, 0.3) is 0 Å². The minimum absolute atomic E-state index is 0.0333. The number of sulfonamides is 1. The number of pyridine rings is 1. The second-order valence-corrected chi connectivity index (χ2v) is 9.31. The van der Waals surface area contributed by atoms with Crippen molar-refractivity contribution >= 4 is 27.4 Å². The van der Waals surface area contributed by atoms with E-state index in [0.29, 0.717) is 37.7 Å². The van der Waals surface area contributed by atoms with Crippen molar-refractivity contribution in [2.75, 3.05) is 36.4 Å². The van der Waals surface area contributed by atoms with E-state index < -0.39 is 27.0 Å². The van der Waals surface area contributed by atoms with Crippen LogP contribution in [0.4, 0.5) is 15.9 Å². The van der Waals surface area contributed by atoms with Crippen LogP contribution in [0.1, 0.15) is 24.2 Å². The van der Waals surface area contributed by atoms with Crippen LogP contribution in [0, 0.1) is 5.82 Å². The molecule has 1 N–H and O–H groups in total. The van der Waals surface area contributed by atoms with Crippen molar-refractivity contribution in [3.8, 4) is 0 Å². The van der Waals surface area contributed by atoms with Crippen molar-refractivity contribution < 1.29 is 17.6 Å². The summed E-state index contributed by atoms with van der Waals surface area (Å²) < 4.78 is 39.7. The molecule has 1 amide bonds. The van der Waals surface area contributed by atoms with Gasteiger partial charge in [-0.15, -0.1) is 0 Å². The molecule has 2 aromatic rings.